The minimum atomic E-state index is -0.503. The summed E-state index contributed by atoms with van der Waals surface area (Å²) >= 11 is 0. The van der Waals surface area contributed by atoms with Crippen LogP contribution in [0.3, 0.4) is 0 Å². The number of hydrogen-bond donors (Lipinski definition) is 2. The summed E-state index contributed by atoms with van der Waals surface area (Å²) in [6.45, 7) is 0.622. The van der Waals surface area contributed by atoms with Gasteiger partial charge in [0.05, 0.1) is 6.04 Å². The van der Waals surface area contributed by atoms with Crippen molar-refractivity contribution in [2.24, 2.45) is 5.73 Å². The molecule has 0 saturated carbocycles. The van der Waals surface area contributed by atoms with Gasteiger partial charge in [0.2, 0.25) is 5.91 Å². The highest BCUT2D eigenvalue weighted by Crippen LogP contribution is 2.19. The molecule has 2 aromatic rings. The SMILES string of the molecule is COCCCC(N)C(=O)Nc1ccc2ccccc2c1. The first-order valence-electron chi connectivity index (χ1n) is 6.75. The van der Waals surface area contributed by atoms with Crippen molar-refractivity contribution in [1.82, 2.24) is 0 Å². The molecule has 2 rings (SSSR count). The van der Waals surface area contributed by atoms with Crippen LogP contribution in [0.4, 0.5) is 5.69 Å². The average Bonchev–Trinajstić information content (AvgIpc) is 2.47. The molecule has 0 heterocycles. The molecular formula is C16H20N2O2. The first-order valence-corrected chi connectivity index (χ1v) is 6.75. The second-order valence-corrected chi connectivity index (χ2v) is 4.79. The third kappa shape index (κ3) is 3.79. The quantitative estimate of drug-likeness (QED) is 0.794. The van der Waals surface area contributed by atoms with E-state index in [4.69, 9.17) is 10.5 Å². The van der Waals surface area contributed by atoms with E-state index >= 15 is 0 Å². The van der Waals surface area contributed by atoms with Gasteiger partial charge in [-0.05, 0) is 35.7 Å². The Balaban J connectivity index is 1.98. The van der Waals surface area contributed by atoms with Crippen LogP contribution in [0.5, 0.6) is 0 Å². The fraction of sp³-hybridized carbons (Fsp3) is 0.312. The standard InChI is InChI=1S/C16H20N2O2/c1-20-10-4-7-15(17)16(19)18-14-9-8-12-5-2-3-6-13(12)11-14/h2-3,5-6,8-9,11,15H,4,7,10,17H2,1H3,(H,18,19). The molecule has 1 unspecified atom stereocenters. The van der Waals surface area contributed by atoms with E-state index in [1.807, 2.05) is 42.5 Å². The zero-order valence-electron chi connectivity index (χ0n) is 11.6. The monoisotopic (exact) mass is 272 g/mol. The van der Waals surface area contributed by atoms with E-state index < -0.39 is 6.04 Å². The lowest BCUT2D eigenvalue weighted by Crippen LogP contribution is -2.35. The molecule has 0 aliphatic rings. The third-order valence-corrected chi connectivity index (χ3v) is 3.22. The van der Waals surface area contributed by atoms with Crippen LogP contribution in [-0.2, 0) is 9.53 Å². The Morgan fingerprint density at radius 2 is 2.00 bits per heavy atom. The van der Waals surface area contributed by atoms with E-state index in [1.54, 1.807) is 7.11 Å². The molecule has 0 radical (unpaired) electrons. The molecule has 0 fully saturated rings. The number of nitrogens with two attached hydrogens (primary N) is 1. The van der Waals surface area contributed by atoms with Crippen LogP contribution >= 0.6 is 0 Å². The average molecular weight is 272 g/mol. The second kappa shape index (κ2) is 7.03. The molecule has 1 atom stereocenters. The molecule has 0 spiro atoms. The van der Waals surface area contributed by atoms with Gasteiger partial charge in [0.1, 0.15) is 0 Å². The maximum atomic E-state index is 12.0. The largest absolute Gasteiger partial charge is 0.385 e. The van der Waals surface area contributed by atoms with E-state index in [-0.39, 0.29) is 5.91 Å². The Kier molecular flexibility index (Phi) is 5.09. The van der Waals surface area contributed by atoms with Gasteiger partial charge in [-0.1, -0.05) is 30.3 Å². The predicted octanol–water partition coefficient (Wildman–Crippen LogP) is 2.53. The molecule has 4 heteroatoms. The molecule has 2 aromatic carbocycles. The smallest absolute Gasteiger partial charge is 0.241 e. The molecule has 0 aliphatic carbocycles. The Labute approximate surface area is 118 Å². The summed E-state index contributed by atoms with van der Waals surface area (Å²) in [5.41, 5.74) is 6.62. The summed E-state index contributed by atoms with van der Waals surface area (Å²) in [6, 6.07) is 13.4. The number of rotatable bonds is 6. The van der Waals surface area contributed by atoms with Crippen LogP contribution < -0.4 is 11.1 Å². The van der Waals surface area contributed by atoms with Crippen molar-refractivity contribution >= 4 is 22.4 Å². The fourth-order valence-corrected chi connectivity index (χ4v) is 2.08. The fourth-order valence-electron chi connectivity index (χ4n) is 2.08. The molecule has 3 N–H and O–H groups in total. The van der Waals surface area contributed by atoms with Gasteiger partial charge in [-0.2, -0.15) is 0 Å². The van der Waals surface area contributed by atoms with Crippen LogP contribution in [0.2, 0.25) is 0 Å². The molecular weight excluding hydrogens is 252 g/mol. The summed E-state index contributed by atoms with van der Waals surface area (Å²) in [7, 11) is 1.64. The van der Waals surface area contributed by atoms with Crippen molar-refractivity contribution in [3.05, 3.63) is 42.5 Å². The number of hydrogen-bond acceptors (Lipinski definition) is 3. The lowest BCUT2D eigenvalue weighted by atomic mass is 10.1. The summed E-state index contributed by atoms with van der Waals surface area (Å²) in [6.07, 6.45) is 1.40. The van der Waals surface area contributed by atoms with Crippen LogP contribution in [0.15, 0.2) is 42.5 Å². The normalized spacial score (nSPS) is 12.3. The first-order chi connectivity index (χ1) is 9.70. The van der Waals surface area contributed by atoms with Gasteiger partial charge in [-0.15, -0.1) is 0 Å². The van der Waals surface area contributed by atoms with Gasteiger partial charge >= 0.3 is 0 Å². The summed E-state index contributed by atoms with van der Waals surface area (Å²) in [4.78, 5) is 12.0. The van der Waals surface area contributed by atoms with E-state index in [2.05, 4.69) is 5.32 Å². The molecule has 4 nitrogen and oxygen atoms in total. The van der Waals surface area contributed by atoms with Crippen LogP contribution in [-0.4, -0.2) is 25.7 Å². The molecule has 0 aromatic heterocycles. The van der Waals surface area contributed by atoms with Crippen LogP contribution in [0.1, 0.15) is 12.8 Å². The molecule has 0 bridgehead atoms. The second-order valence-electron chi connectivity index (χ2n) is 4.79. The number of anilines is 1. The van der Waals surface area contributed by atoms with Crippen molar-refractivity contribution in [2.45, 2.75) is 18.9 Å². The van der Waals surface area contributed by atoms with Gasteiger partial charge in [0, 0.05) is 19.4 Å². The molecule has 0 aliphatic heterocycles. The van der Waals surface area contributed by atoms with Crippen molar-refractivity contribution in [3.8, 4) is 0 Å². The number of carbonyl (C=O) groups is 1. The molecule has 0 saturated heterocycles. The minimum absolute atomic E-state index is 0.156. The predicted molar refractivity (Wildman–Crippen MR) is 81.7 cm³/mol. The number of methoxy groups -OCH3 is 1. The lowest BCUT2D eigenvalue weighted by molar-refractivity contribution is -0.117. The summed E-state index contributed by atoms with van der Waals surface area (Å²) in [5, 5.41) is 5.10. The first kappa shape index (κ1) is 14.5. The van der Waals surface area contributed by atoms with Crippen molar-refractivity contribution in [3.63, 3.8) is 0 Å². The van der Waals surface area contributed by atoms with Crippen molar-refractivity contribution in [1.29, 1.82) is 0 Å². The van der Waals surface area contributed by atoms with E-state index in [0.717, 1.165) is 22.9 Å². The molecule has 20 heavy (non-hydrogen) atoms. The van der Waals surface area contributed by atoms with Crippen molar-refractivity contribution in [2.75, 3.05) is 19.0 Å². The van der Waals surface area contributed by atoms with Gasteiger partial charge in [-0.25, -0.2) is 0 Å². The topological polar surface area (TPSA) is 64.3 Å². The molecule has 106 valence electrons. The summed E-state index contributed by atoms with van der Waals surface area (Å²) < 4.78 is 4.95. The number of fused-ring (bicyclic) bond motifs is 1. The highest BCUT2D eigenvalue weighted by molar-refractivity contribution is 5.97. The van der Waals surface area contributed by atoms with E-state index in [9.17, 15) is 4.79 Å². The van der Waals surface area contributed by atoms with Crippen molar-refractivity contribution < 1.29 is 9.53 Å². The summed E-state index contributed by atoms with van der Waals surface area (Å²) in [5.74, 6) is -0.156. The number of benzene rings is 2. The van der Waals surface area contributed by atoms with Gasteiger partial charge in [0.25, 0.3) is 0 Å². The van der Waals surface area contributed by atoms with Crippen LogP contribution in [0.25, 0.3) is 10.8 Å². The number of carbonyl (C=O) groups excluding carboxylic acids is 1. The molecule has 1 amide bonds. The Morgan fingerprint density at radius 1 is 1.25 bits per heavy atom. The Morgan fingerprint density at radius 3 is 2.75 bits per heavy atom. The Bertz CT molecular complexity index is 583. The van der Waals surface area contributed by atoms with Gasteiger partial charge in [0.15, 0.2) is 0 Å². The van der Waals surface area contributed by atoms with Gasteiger partial charge < -0.3 is 15.8 Å². The Hall–Kier alpha value is -1.91. The number of nitrogens with one attached hydrogen (secondary N) is 1. The van der Waals surface area contributed by atoms with E-state index in [1.165, 1.54) is 0 Å². The minimum Gasteiger partial charge on any atom is -0.385 e. The number of ether oxygens (including phenoxy) is 1. The maximum Gasteiger partial charge on any atom is 0.241 e. The van der Waals surface area contributed by atoms with Gasteiger partial charge in [-0.3, -0.25) is 4.79 Å². The number of amides is 1. The zero-order valence-corrected chi connectivity index (χ0v) is 11.6. The zero-order chi connectivity index (χ0) is 14.4. The van der Waals surface area contributed by atoms with E-state index in [0.29, 0.717) is 13.0 Å². The third-order valence-electron chi connectivity index (χ3n) is 3.22. The van der Waals surface area contributed by atoms with Crippen LogP contribution in [0, 0.1) is 0 Å². The highest BCUT2D eigenvalue weighted by atomic mass is 16.5. The highest BCUT2D eigenvalue weighted by Gasteiger charge is 2.13. The maximum absolute atomic E-state index is 12.0. The lowest BCUT2D eigenvalue weighted by Gasteiger charge is -2.12.